The third-order valence-corrected chi connectivity index (χ3v) is 14.5. The Morgan fingerprint density at radius 2 is 1.55 bits per heavy atom. The van der Waals surface area contributed by atoms with E-state index >= 15 is 0 Å². The van der Waals surface area contributed by atoms with Crippen LogP contribution < -0.4 is 5.32 Å². The number of ether oxygens (including phenoxy) is 2. The van der Waals surface area contributed by atoms with Gasteiger partial charge in [-0.1, -0.05) is 48.5 Å². The van der Waals surface area contributed by atoms with Gasteiger partial charge in [0.15, 0.2) is 5.78 Å². The lowest BCUT2D eigenvalue weighted by atomic mass is 9.33. The normalized spacial score (nSPS) is 39.5. The topological polar surface area (TPSA) is 119 Å². The van der Waals surface area contributed by atoms with Crippen molar-refractivity contribution in [3.05, 3.63) is 11.1 Å². The number of aliphatic carboxylic acids is 1. The monoisotopic (exact) mass is 655 g/mol. The number of hydrogen-bond acceptors (Lipinski definition) is 6. The maximum absolute atomic E-state index is 13.7. The molecule has 0 aromatic carbocycles. The van der Waals surface area contributed by atoms with Crippen LogP contribution in [0.25, 0.3) is 0 Å². The van der Waals surface area contributed by atoms with Crippen LogP contribution in [0.5, 0.6) is 0 Å². The number of rotatable bonds is 7. The molecule has 0 radical (unpaired) electrons. The minimum Gasteiger partial charge on any atom is -0.481 e. The van der Waals surface area contributed by atoms with E-state index in [9.17, 15) is 24.3 Å². The van der Waals surface area contributed by atoms with Gasteiger partial charge in [0.1, 0.15) is 6.10 Å². The molecule has 2 N–H and O–H groups in total. The third kappa shape index (κ3) is 5.46. The Morgan fingerprint density at radius 1 is 0.894 bits per heavy atom. The Bertz CT molecular complexity index is 1360. The highest BCUT2D eigenvalue weighted by atomic mass is 16.6. The van der Waals surface area contributed by atoms with E-state index in [0.29, 0.717) is 18.3 Å². The van der Waals surface area contributed by atoms with Gasteiger partial charge in [-0.2, -0.15) is 0 Å². The van der Waals surface area contributed by atoms with Crippen molar-refractivity contribution in [2.24, 2.45) is 50.7 Å². The number of esters is 1. The quantitative estimate of drug-likeness (QED) is 0.265. The van der Waals surface area contributed by atoms with Gasteiger partial charge in [0.05, 0.1) is 23.5 Å². The number of allylic oxidation sites excluding steroid dienone is 1. The number of fused-ring (bicyclic) bond motifs is 7. The highest BCUT2D eigenvalue weighted by Crippen LogP contribution is 2.75. The minimum absolute atomic E-state index is 0.0347. The first kappa shape index (κ1) is 35.9. The van der Waals surface area contributed by atoms with Gasteiger partial charge in [0.25, 0.3) is 0 Å². The summed E-state index contributed by atoms with van der Waals surface area (Å²) >= 11 is 0. The number of carboxylic acid groups (broad SMARTS) is 1. The van der Waals surface area contributed by atoms with Crippen molar-refractivity contribution in [2.75, 3.05) is 0 Å². The van der Waals surface area contributed by atoms with Crippen LogP contribution in [-0.2, 0) is 23.9 Å². The standard InChI is InChI=1S/C39H61NO7/c1-22(2)30-25(41)20-39(40-33(45)46-23(3)4)19-18-37(10)24(31(30)39)12-13-27-36(9)16-15-28(47-29(42)21-34(5,6)32(43)44)35(7,8)26(36)14-17-38(27,37)11/h22-24,26-28H,12-21H2,1-11H3,(H,40,45)(H,43,44)/t24-,26+,27-,28+,36+,37-,38-,39-/m1/s1. The molecular formula is C39H61NO7. The van der Waals surface area contributed by atoms with Crippen LogP contribution in [0.15, 0.2) is 11.1 Å². The van der Waals surface area contributed by atoms with Crippen LogP contribution in [0.4, 0.5) is 4.79 Å². The van der Waals surface area contributed by atoms with Crippen LogP contribution in [-0.4, -0.2) is 46.7 Å². The lowest BCUT2D eigenvalue weighted by Gasteiger charge is -2.72. The summed E-state index contributed by atoms with van der Waals surface area (Å²) < 4.78 is 11.7. The van der Waals surface area contributed by atoms with Crippen LogP contribution in [0.3, 0.4) is 0 Å². The molecule has 5 rings (SSSR count). The number of carbonyl (C=O) groups is 4. The number of ketones is 1. The number of Topliss-reactive ketones (excluding diaryl/α,β-unsaturated/α-hetero) is 1. The molecule has 4 saturated carbocycles. The molecule has 0 saturated heterocycles. The number of carboxylic acids is 1. The fourth-order valence-electron chi connectivity index (χ4n) is 12.0. The SMILES string of the molecule is CC(C)OC(=O)N[C@@]12CC[C@]3(C)[C@H](CC[C@@H]4[C@@]5(C)CC[C@H](OC(=O)CC(C)(C)C(=O)O)C(C)(C)[C@@H]5CC[C@]43C)C1=C(C(C)C)C(=O)C2. The Balaban J connectivity index is 1.45. The summed E-state index contributed by atoms with van der Waals surface area (Å²) in [5, 5.41) is 12.8. The van der Waals surface area contributed by atoms with Gasteiger partial charge in [0.2, 0.25) is 0 Å². The molecule has 4 fully saturated rings. The van der Waals surface area contributed by atoms with E-state index in [1.165, 1.54) is 5.57 Å². The van der Waals surface area contributed by atoms with Gasteiger partial charge in [0, 0.05) is 11.8 Å². The van der Waals surface area contributed by atoms with Gasteiger partial charge in [-0.15, -0.1) is 0 Å². The number of hydrogen-bond donors (Lipinski definition) is 2. The lowest BCUT2D eigenvalue weighted by Crippen LogP contribution is -2.67. The number of amides is 1. The number of carbonyl (C=O) groups excluding carboxylic acids is 3. The van der Waals surface area contributed by atoms with Crippen molar-refractivity contribution >= 4 is 23.8 Å². The molecule has 0 bridgehead atoms. The first-order chi connectivity index (χ1) is 21.6. The summed E-state index contributed by atoms with van der Waals surface area (Å²) in [6.45, 7) is 23.1. The Labute approximate surface area is 282 Å². The minimum atomic E-state index is -1.16. The van der Waals surface area contributed by atoms with Crippen molar-refractivity contribution < 1.29 is 33.8 Å². The lowest BCUT2D eigenvalue weighted by molar-refractivity contribution is -0.232. The molecule has 264 valence electrons. The smallest absolute Gasteiger partial charge is 0.408 e. The first-order valence-corrected chi connectivity index (χ1v) is 18.2. The summed E-state index contributed by atoms with van der Waals surface area (Å²) in [5.74, 6) is -0.112. The zero-order chi connectivity index (χ0) is 35.1. The second-order valence-corrected chi connectivity index (χ2v) is 18.6. The van der Waals surface area contributed by atoms with E-state index in [2.05, 4.69) is 53.8 Å². The Kier molecular flexibility index (Phi) is 8.87. The zero-order valence-corrected chi connectivity index (χ0v) is 30.9. The highest BCUT2D eigenvalue weighted by molar-refractivity contribution is 6.02. The molecule has 0 unspecified atom stereocenters. The van der Waals surface area contributed by atoms with E-state index in [4.69, 9.17) is 9.47 Å². The molecule has 0 heterocycles. The molecule has 8 atom stereocenters. The summed E-state index contributed by atoms with van der Waals surface area (Å²) in [6, 6.07) is 0. The van der Waals surface area contributed by atoms with Crippen LogP contribution in [0.2, 0.25) is 0 Å². The van der Waals surface area contributed by atoms with Gasteiger partial charge in [-0.3, -0.25) is 14.4 Å². The van der Waals surface area contributed by atoms with Crippen molar-refractivity contribution in [3.8, 4) is 0 Å². The average molecular weight is 656 g/mol. The van der Waals surface area contributed by atoms with E-state index in [-0.39, 0.29) is 57.9 Å². The molecule has 0 aliphatic heterocycles. The maximum Gasteiger partial charge on any atom is 0.408 e. The molecule has 47 heavy (non-hydrogen) atoms. The van der Waals surface area contributed by atoms with Gasteiger partial charge in [-0.25, -0.2) is 4.79 Å². The molecular weight excluding hydrogens is 594 g/mol. The van der Waals surface area contributed by atoms with Gasteiger partial charge in [-0.05, 0) is 130 Å². The van der Waals surface area contributed by atoms with Crippen LogP contribution in [0.1, 0.15) is 140 Å². The van der Waals surface area contributed by atoms with E-state index in [1.807, 2.05) is 13.8 Å². The zero-order valence-electron chi connectivity index (χ0n) is 30.9. The van der Waals surface area contributed by atoms with Gasteiger partial charge >= 0.3 is 18.0 Å². The van der Waals surface area contributed by atoms with E-state index < -0.39 is 29.0 Å². The second-order valence-electron chi connectivity index (χ2n) is 18.6. The highest BCUT2D eigenvalue weighted by Gasteiger charge is 2.70. The van der Waals surface area contributed by atoms with Gasteiger partial charge < -0.3 is 19.9 Å². The fraction of sp³-hybridized carbons (Fsp3) is 0.846. The fourth-order valence-corrected chi connectivity index (χ4v) is 12.0. The number of nitrogens with one attached hydrogen (secondary N) is 1. The Morgan fingerprint density at radius 3 is 2.15 bits per heavy atom. The van der Waals surface area contributed by atoms with Crippen LogP contribution in [0, 0.1) is 50.7 Å². The van der Waals surface area contributed by atoms with E-state index in [1.54, 1.807) is 13.8 Å². The molecule has 5 aliphatic rings. The van der Waals surface area contributed by atoms with Crippen molar-refractivity contribution in [1.29, 1.82) is 0 Å². The molecule has 1 amide bonds. The van der Waals surface area contributed by atoms with Crippen molar-refractivity contribution in [1.82, 2.24) is 5.32 Å². The van der Waals surface area contributed by atoms with E-state index in [0.717, 1.165) is 56.9 Å². The molecule has 0 aromatic rings. The molecule has 8 nitrogen and oxygen atoms in total. The largest absolute Gasteiger partial charge is 0.481 e. The predicted octanol–water partition coefficient (Wildman–Crippen LogP) is 8.27. The second kappa shape index (κ2) is 11.6. The third-order valence-electron chi connectivity index (χ3n) is 14.5. The first-order valence-electron chi connectivity index (χ1n) is 18.2. The summed E-state index contributed by atoms with van der Waals surface area (Å²) in [7, 11) is 0. The number of alkyl carbamates (subject to hydrolysis) is 1. The molecule has 0 aromatic heterocycles. The van der Waals surface area contributed by atoms with Crippen molar-refractivity contribution in [3.63, 3.8) is 0 Å². The van der Waals surface area contributed by atoms with Crippen LogP contribution >= 0.6 is 0 Å². The average Bonchev–Trinajstić information content (AvgIpc) is 3.21. The summed E-state index contributed by atoms with van der Waals surface area (Å²) in [6.07, 6.45) is 6.84. The predicted molar refractivity (Wildman–Crippen MR) is 180 cm³/mol. The van der Waals surface area contributed by atoms with Crippen molar-refractivity contribution in [2.45, 2.75) is 158 Å². The summed E-state index contributed by atoms with van der Waals surface area (Å²) in [4.78, 5) is 51.5. The Hall–Kier alpha value is -2.38. The summed E-state index contributed by atoms with van der Waals surface area (Å²) in [5.41, 5.74) is 0.106. The maximum atomic E-state index is 13.7. The molecule has 0 spiro atoms. The molecule has 8 heteroatoms. The molecule has 5 aliphatic carbocycles.